The Hall–Kier alpha value is -3.57. The fraction of sp³-hybridized carbons (Fsp3) is 0.954. The highest BCUT2D eigenvalue weighted by Gasteiger charge is 2.57. The van der Waals surface area contributed by atoms with E-state index in [1.807, 2.05) is 0 Å². The summed E-state index contributed by atoms with van der Waals surface area (Å²) < 4.78 is 133. The van der Waals surface area contributed by atoms with Gasteiger partial charge in [0.05, 0.1) is 320 Å². The number of hydrogen-bond acceptors (Lipinski definition) is 32. The van der Waals surface area contributed by atoms with Crippen molar-refractivity contribution in [2.45, 2.75) is 225 Å². The SMILES string of the molecule is O=C(CC12CC3CC(CC(C3)C1)C2)OCCOCC(COCCOC(=O)CC12CC3CC(CC(C3)C1)C2)(COCCOC(=O)CC12CC3CC(CC(C3)C1)C2)COCCOC(=O)CC12CC3CC(CC(C3)C1)C2.O=C(O)CC12CC3CC(CC(C3)C1)C2.OCCOCCOCCOCCOCC(COCCOCCOCCO)(COCCOCCOCCOCCO)COCCOCCOCCOCCO. The molecule has 20 aliphatic rings. The van der Waals surface area contributed by atoms with Gasteiger partial charge >= 0.3 is 29.8 Å². The topological polar surface area (TPSA) is 399 Å². The van der Waals surface area contributed by atoms with Crippen molar-refractivity contribution in [3.63, 3.8) is 0 Å². The Morgan fingerprint density at radius 3 is 0.433 bits per heavy atom. The molecule has 0 aromatic carbocycles. The lowest BCUT2D eigenvalue weighted by atomic mass is 9.49. The van der Waals surface area contributed by atoms with Crippen molar-refractivity contribution < 1.29 is 158 Å². The average Bonchev–Trinajstić information content (AvgIpc) is 0.756. The lowest BCUT2D eigenvalue weighted by molar-refractivity contribution is -0.158. The standard InChI is InChI=1S/C61H92O12.C35H72O19.C12H18O2/c62-53(33-57-21-41-9-42(22-57)11-43(10-41)23-57)70-5-1-66-37-61(38-67-2-6-71-54(63)34-58-24-44-12-45(25-58)14-46(13-44)26-58,39-68-3-7-72-55(64)35-59-27-47-15-48(28-59)17-49(16-47)29-59)40-69-4-8-73-56(65)36-60-30-50-18-51(31-60)20-52(19-50)32-60;36-1-5-40-9-13-44-17-20-48-24-28-52-32-35(31-51-27-23-47-16-12-43-8-4-39,33-53-29-25-49-21-18-45-14-10-41-6-2-37)34-54-30-26-50-22-19-46-15-11-42-7-3-38;13-11(14)7-12-4-8-1-9(5-12)3-10(2-8)6-12/h41-52H,1-40H2;36-39H,1-34H2;8-10H,1-7H2,(H,13,14). The van der Waals surface area contributed by atoms with E-state index in [2.05, 4.69) is 0 Å². The second-order valence-corrected chi connectivity index (χ2v) is 46.3. The number of carbonyl (C=O) groups is 5. The largest absolute Gasteiger partial charge is 0.481 e. The van der Waals surface area contributed by atoms with Gasteiger partial charge in [-0.2, -0.15) is 0 Å². The maximum atomic E-state index is 13.3. The zero-order chi connectivity index (χ0) is 98.6. The summed E-state index contributed by atoms with van der Waals surface area (Å²) in [5.74, 6) is 10.9. The number of carboxylic acid groups (broad SMARTS) is 1. The summed E-state index contributed by atoms with van der Waals surface area (Å²) in [5.41, 5.74) is -0.810. The quantitative estimate of drug-likeness (QED) is 0.0214. The molecule has 0 aromatic heterocycles. The predicted octanol–water partition coefficient (Wildman–Crippen LogP) is 11.5. The highest BCUT2D eigenvalue weighted by atomic mass is 16.6. The first-order valence-electron chi connectivity index (χ1n) is 55.0. The number of carboxylic acids is 1. The average molecular weight is 2010 g/mol. The van der Waals surface area contributed by atoms with Crippen LogP contribution in [0.15, 0.2) is 0 Å². The van der Waals surface area contributed by atoms with E-state index >= 15 is 0 Å². The van der Waals surface area contributed by atoms with E-state index in [0.29, 0.717) is 177 Å². The van der Waals surface area contributed by atoms with Crippen LogP contribution >= 0.6 is 0 Å². The van der Waals surface area contributed by atoms with Crippen molar-refractivity contribution in [1.82, 2.24) is 0 Å². The van der Waals surface area contributed by atoms with Crippen LogP contribution in [0.3, 0.4) is 0 Å². The van der Waals surface area contributed by atoms with Gasteiger partial charge in [0, 0.05) is 0 Å². The third-order valence-corrected chi connectivity index (χ3v) is 33.7. The molecule has 0 aliphatic heterocycles. The summed E-state index contributed by atoms with van der Waals surface area (Å²) in [7, 11) is 0. The van der Waals surface area contributed by atoms with Crippen LogP contribution in [-0.2, 0) is 133 Å². The first-order chi connectivity index (χ1) is 68.7. The number of aliphatic hydroxyl groups excluding tert-OH is 4. The van der Waals surface area contributed by atoms with Crippen molar-refractivity contribution in [2.24, 2.45) is 127 Å². The zero-order valence-corrected chi connectivity index (χ0v) is 85.6. The van der Waals surface area contributed by atoms with E-state index in [-0.39, 0.29) is 210 Å². The Balaban J connectivity index is 0.000000215. The Morgan fingerprint density at radius 2 is 0.298 bits per heavy atom. The fourth-order valence-electron chi connectivity index (χ4n) is 30.6. The molecule has 0 aromatic rings. The van der Waals surface area contributed by atoms with Gasteiger partial charge in [-0.3, -0.25) is 24.0 Å². The molecule has 141 heavy (non-hydrogen) atoms. The lowest BCUT2D eigenvalue weighted by Gasteiger charge is -2.56. The van der Waals surface area contributed by atoms with Crippen molar-refractivity contribution >= 4 is 29.8 Å². The molecule has 0 radical (unpaired) electrons. The Kier molecular flexibility index (Phi) is 49.6. The van der Waals surface area contributed by atoms with Gasteiger partial charge in [0.25, 0.3) is 0 Å². The molecule has 0 heterocycles. The van der Waals surface area contributed by atoms with Gasteiger partial charge in [-0.1, -0.05) is 0 Å². The molecule has 20 saturated carbocycles. The predicted molar refractivity (Wildman–Crippen MR) is 516 cm³/mol. The Bertz CT molecular complexity index is 2990. The van der Waals surface area contributed by atoms with Crippen LogP contribution in [-0.4, -0.2) is 359 Å². The summed E-state index contributed by atoms with van der Waals surface area (Å²) in [4.78, 5) is 64.2. The molecule has 20 aliphatic carbocycles. The number of hydrogen-bond donors (Lipinski definition) is 5. The van der Waals surface area contributed by atoms with Crippen LogP contribution in [0.1, 0.15) is 225 Å². The van der Waals surface area contributed by atoms with E-state index in [0.717, 1.165) is 166 Å². The van der Waals surface area contributed by atoms with Crippen molar-refractivity contribution in [1.29, 1.82) is 0 Å². The Morgan fingerprint density at radius 1 is 0.177 bits per heavy atom. The first kappa shape index (κ1) is 115. The number of aliphatic hydroxyl groups is 4. The van der Waals surface area contributed by atoms with Gasteiger partial charge in [0.1, 0.15) is 26.4 Å². The van der Waals surface area contributed by atoms with Crippen LogP contribution in [0.2, 0.25) is 0 Å². The monoisotopic (exact) mass is 2010 g/mol. The minimum atomic E-state index is -0.821. The molecule has 5 N–H and O–H groups in total. The first-order valence-corrected chi connectivity index (χ1v) is 55.0. The van der Waals surface area contributed by atoms with Crippen LogP contribution in [0.4, 0.5) is 0 Å². The van der Waals surface area contributed by atoms with Gasteiger partial charge < -0.3 is 134 Å². The normalized spacial score (nSPS) is 31.4. The molecule has 33 nitrogen and oxygen atoms in total. The second-order valence-electron chi connectivity index (χ2n) is 46.3. The number of carbonyl (C=O) groups excluding carboxylic acids is 4. The minimum Gasteiger partial charge on any atom is -0.481 e. The zero-order valence-electron chi connectivity index (χ0n) is 85.6. The molecule has 0 saturated heterocycles. The molecule has 0 amide bonds. The van der Waals surface area contributed by atoms with Gasteiger partial charge in [0.2, 0.25) is 0 Å². The van der Waals surface area contributed by atoms with Gasteiger partial charge in [-0.05, 0) is 308 Å². The minimum absolute atomic E-state index is 0.0176. The van der Waals surface area contributed by atoms with Gasteiger partial charge in [-0.25, -0.2) is 0 Å². The summed E-state index contributed by atoms with van der Waals surface area (Å²) in [5, 5.41) is 44.0. The molecule has 0 spiro atoms. The number of rotatable bonds is 79. The van der Waals surface area contributed by atoms with Crippen molar-refractivity contribution in [2.75, 3.05) is 304 Å². The van der Waals surface area contributed by atoms with Crippen molar-refractivity contribution in [3.8, 4) is 0 Å². The molecule has 0 atom stereocenters. The van der Waals surface area contributed by atoms with Crippen LogP contribution in [0, 0.1) is 127 Å². The van der Waals surface area contributed by atoms with Crippen LogP contribution < -0.4 is 0 Å². The molecule has 20 bridgehead atoms. The summed E-state index contributed by atoms with van der Waals surface area (Å²) in [6.07, 6.45) is 40.4. The highest BCUT2D eigenvalue weighted by molar-refractivity contribution is 5.72. The maximum absolute atomic E-state index is 13.3. The van der Waals surface area contributed by atoms with Crippen molar-refractivity contribution in [3.05, 3.63) is 0 Å². The second kappa shape index (κ2) is 61.1. The van der Waals surface area contributed by atoms with E-state index < -0.39 is 16.8 Å². The smallest absolute Gasteiger partial charge is 0.306 e. The summed E-state index contributed by atoms with van der Waals surface area (Å²) in [6, 6.07) is 0. The van der Waals surface area contributed by atoms with E-state index in [1.54, 1.807) is 0 Å². The van der Waals surface area contributed by atoms with E-state index in [4.69, 9.17) is 134 Å². The number of esters is 4. The lowest BCUT2D eigenvalue weighted by Crippen LogP contribution is -2.47. The molecule has 20 fully saturated rings. The summed E-state index contributed by atoms with van der Waals surface area (Å²) in [6.45, 7) is 12.8. The van der Waals surface area contributed by atoms with Crippen LogP contribution in [0.25, 0.3) is 0 Å². The number of aliphatic carboxylic acids is 1. The summed E-state index contributed by atoms with van der Waals surface area (Å²) >= 11 is 0. The Labute approximate surface area is 839 Å². The van der Waals surface area contributed by atoms with E-state index in [9.17, 15) is 24.0 Å². The molecule has 33 heteroatoms. The molecular formula is C108H182O33. The molecule has 20 rings (SSSR count). The third-order valence-electron chi connectivity index (χ3n) is 33.7. The van der Waals surface area contributed by atoms with E-state index in [1.165, 1.54) is 116 Å². The van der Waals surface area contributed by atoms with Crippen LogP contribution in [0.5, 0.6) is 0 Å². The third kappa shape index (κ3) is 39.6. The molecular weight excluding hydrogens is 1830 g/mol. The maximum Gasteiger partial charge on any atom is 0.306 e. The van der Waals surface area contributed by atoms with Gasteiger partial charge in [-0.15, -0.1) is 0 Å². The highest BCUT2D eigenvalue weighted by Crippen LogP contribution is 2.66. The van der Waals surface area contributed by atoms with Gasteiger partial charge in [0.15, 0.2) is 0 Å². The fourth-order valence-corrected chi connectivity index (χ4v) is 30.6. The number of ether oxygens (including phenoxy) is 23. The molecule has 0 unspecified atom stereocenters. The molecule has 812 valence electrons.